The zero-order valence-electron chi connectivity index (χ0n) is 26.2. The van der Waals surface area contributed by atoms with Gasteiger partial charge in [0, 0.05) is 39.1 Å². The van der Waals surface area contributed by atoms with E-state index >= 15 is 0 Å². The predicted molar refractivity (Wildman–Crippen MR) is 191 cm³/mol. The fourth-order valence-electron chi connectivity index (χ4n) is 4.93. The van der Waals surface area contributed by atoms with Crippen molar-refractivity contribution in [2.24, 2.45) is 0 Å². The molecule has 0 fully saturated rings. The van der Waals surface area contributed by atoms with Crippen LogP contribution in [-0.2, 0) is 32.6 Å². The molecule has 0 aliphatic rings. The number of rotatable bonds is 14. The van der Waals surface area contributed by atoms with Gasteiger partial charge in [0.05, 0.1) is 17.2 Å². The summed E-state index contributed by atoms with van der Waals surface area (Å²) in [6.45, 7) is 5.17. The summed E-state index contributed by atoms with van der Waals surface area (Å²) in [5, 5.41) is 3.55. The number of halogens is 3. The Bertz CT molecular complexity index is 1750. The van der Waals surface area contributed by atoms with Gasteiger partial charge in [0.25, 0.3) is 10.0 Å². The molecule has 47 heavy (non-hydrogen) atoms. The minimum atomic E-state index is -4.27. The van der Waals surface area contributed by atoms with Crippen LogP contribution in [0.4, 0.5) is 5.69 Å². The Labute approximate surface area is 294 Å². The number of carbonyl (C=O) groups is 2. The highest BCUT2D eigenvalue weighted by atomic mass is 79.9. The largest absolute Gasteiger partial charge is 0.494 e. The number of nitrogens with zero attached hydrogens (tertiary/aromatic N) is 2. The summed E-state index contributed by atoms with van der Waals surface area (Å²) in [4.78, 5) is 29.8. The first-order valence-corrected chi connectivity index (χ1v) is 18.0. The molecule has 4 aromatic carbocycles. The number of nitrogens with one attached hydrogen (secondary N) is 1. The number of benzene rings is 4. The van der Waals surface area contributed by atoms with E-state index in [9.17, 15) is 18.0 Å². The minimum absolute atomic E-state index is 0.0125. The molecule has 0 heterocycles. The molecule has 4 aromatic rings. The van der Waals surface area contributed by atoms with Crippen molar-refractivity contribution >= 4 is 66.7 Å². The van der Waals surface area contributed by atoms with E-state index in [1.807, 2.05) is 51.1 Å². The fourth-order valence-corrected chi connectivity index (χ4v) is 7.12. The SMILES string of the molecule is CCOc1ccc(N(CC(=O)N(Cc2c(Cl)cccc2Cl)C(Cc2ccccc2)C(=O)NC(C)C)S(=O)(=O)c2ccc(Br)cc2)cc1. The maximum atomic E-state index is 14.6. The second-order valence-electron chi connectivity index (χ2n) is 11.0. The van der Waals surface area contributed by atoms with Crippen LogP contribution in [0.25, 0.3) is 0 Å². The van der Waals surface area contributed by atoms with Crippen molar-refractivity contribution in [2.45, 2.75) is 50.7 Å². The summed E-state index contributed by atoms with van der Waals surface area (Å²) in [7, 11) is -4.27. The molecule has 0 aliphatic heterocycles. The molecule has 0 aromatic heterocycles. The van der Waals surface area contributed by atoms with E-state index in [2.05, 4.69) is 21.2 Å². The first-order valence-electron chi connectivity index (χ1n) is 15.0. The molecule has 248 valence electrons. The average molecular weight is 762 g/mol. The number of sulfonamides is 1. The van der Waals surface area contributed by atoms with Crippen molar-refractivity contribution < 1.29 is 22.7 Å². The van der Waals surface area contributed by atoms with E-state index in [4.69, 9.17) is 27.9 Å². The lowest BCUT2D eigenvalue weighted by molar-refractivity contribution is -0.140. The molecule has 4 rings (SSSR count). The molecule has 2 amide bonds. The van der Waals surface area contributed by atoms with Crippen LogP contribution < -0.4 is 14.4 Å². The Hall–Kier alpha value is -3.57. The first-order chi connectivity index (χ1) is 22.4. The maximum absolute atomic E-state index is 14.6. The van der Waals surface area contributed by atoms with Crippen LogP contribution in [-0.4, -0.2) is 50.4 Å². The Morgan fingerprint density at radius 2 is 1.49 bits per heavy atom. The zero-order chi connectivity index (χ0) is 34.1. The Kier molecular flexibility index (Phi) is 12.7. The molecule has 0 saturated heterocycles. The molecule has 1 unspecified atom stereocenters. The van der Waals surface area contributed by atoms with Crippen LogP contribution in [0.5, 0.6) is 5.75 Å². The van der Waals surface area contributed by atoms with Crippen molar-refractivity contribution in [2.75, 3.05) is 17.5 Å². The van der Waals surface area contributed by atoms with Crippen molar-refractivity contribution in [1.29, 1.82) is 0 Å². The third kappa shape index (κ3) is 9.50. The summed E-state index contributed by atoms with van der Waals surface area (Å²) < 4.78 is 35.7. The lowest BCUT2D eigenvalue weighted by atomic mass is 10.0. The van der Waals surface area contributed by atoms with Gasteiger partial charge in [-0.1, -0.05) is 75.5 Å². The highest BCUT2D eigenvalue weighted by Gasteiger charge is 2.35. The molecule has 0 aliphatic carbocycles. The predicted octanol–water partition coefficient (Wildman–Crippen LogP) is 7.51. The maximum Gasteiger partial charge on any atom is 0.264 e. The molecule has 1 atom stereocenters. The van der Waals surface area contributed by atoms with Crippen molar-refractivity contribution in [3.8, 4) is 5.75 Å². The third-order valence-corrected chi connectivity index (χ3v) is 10.2. The van der Waals surface area contributed by atoms with Gasteiger partial charge < -0.3 is 15.0 Å². The molecule has 1 N–H and O–H groups in total. The van der Waals surface area contributed by atoms with Crippen molar-refractivity contribution in [3.05, 3.63) is 123 Å². The molecule has 0 radical (unpaired) electrons. The Morgan fingerprint density at radius 3 is 2.06 bits per heavy atom. The van der Waals surface area contributed by atoms with Crippen LogP contribution in [0.2, 0.25) is 10.0 Å². The Morgan fingerprint density at radius 1 is 0.872 bits per heavy atom. The highest BCUT2D eigenvalue weighted by molar-refractivity contribution is 9.10. The number of hydrogen-bond donors (Lipinski definition) is 1. The standard InChI is InChI=1S/C35H36BrCl2N3O5S/c1-4-46-28-17-15-27(16-18-28)41(47(44,45)29-19-13-26(36)14-20-29)23-34(42)40(22-30-31(37)11-8-12-32(30)38)33(35(43)39-24(2)3)21-25-9-6-5-7-10-25/h5-20,24,33H,4,21-23H2,1-3H3,(H,39,43). The fraction of sp³-hybridized carbons (Fsp3) is 0.257. The van der Waals surface area contributed by atoms with Gasteiger partial charge in [0.2, 0.25) is 11.8 Å². The summed E-state index contributed by atoms with van der Waals surface area (Å²) in [5.74, 6) is -0.481. The van der Waals surface area contributed by atoms with Gasteiger partial charge in [-0.05, 0) is 87.0 Å². The number of anilines is 1. The van der Waals surface area contributed by atoms with E-state index in [0.29, 0.717) is 32.4 Å². The van der Waals surface area contributed by atoms with Crippen LogP contribution in [0.15, 0.2) is 106 Å². The highest BCUT2D eigenvalue weighted by Crippen LogP contribution is 2.30. The lowest BCUT2D eigenvalue weighted by Crippen LogP contribution is -2.54. The Balaban J connectivity index is 1.84. The van der Waals surface area contributed by atoms with Crippen LogP contribution in [0.1, 0.15) is 31.9 Å². The quantitative estimate of drug-likeness (QED) is 0.144. The molecular formula is C35H36BrCl2N3O5S. The minimum Gasteiger partial charge on any atom is -0.494 e. The van der Waals surface area contributed by atoms with Crippen LogP contribution in [0, 0.1) is 0 Å². The van der Waals surface area contributed by atoms with E-state index in [0.717, 1.165) is 9.87 Å². The second kappa shape index (κ2) is 16.5. The van der Waals surface area contributed by atoms with Gasteiger partial charge in [-0.2, -0.15) is 0 Å². The van der Waals surface area contributed by atoms with Crippen molar-refractivity contribution in [3.63, 3.8) is 0 Å². The zero-order valence-corrected chi connectivity index (χ0v) is 30.1. The summed E-state index contributed by atoms with van der Waals surface area (Å²) in [5.41, 5.74) is 1.49. The van der Waals surface area contributed by atoms with E-state index in [-0.39, 0.29) is 29.6 Å². The van der Waals surface area contributed by atoms with Crippen molar-refractivity contribution in [1.82, 2.24) is 10.2 Å². The summed E-state index contributed by atoms with van der Waals surface area (Å²) in [6, 6.07) is 25.6. The molecule has 0 spiro atoms. The van der Waals surface area contributed by atoms with Gasteiger partial charge in [0.15, 0.2) is 0 Å². The molecule has 12 heteroatoms. The molecular weight excluding hydrogens is 725 g/mol. The van der Waals surface area contributed by atoms with Gasteiger partial charge in [-0.3, -0.25) is 13.9 Å². The smallest absolute Gasteiger partial charge is 0.264 e. The third-order valence-electron chi connectivity index (χ3n) is 7.21. The van der Waals surface area contributed by atoms with E-state index in [1.54, 1.807) is 54.6 Å². The summed E-state index contributed by atoms with van der Waals surface area (Å²) >= 11 is 16.5. The topological polar surface area (TPSA) is 96.0 Å². The molecule has 0 saturated carbocycles. The van der Waals surface area contributed by atoms with Gasteiger partial charge >= 0.3 is 0 Å². The van der Waals surface area contributed by atoms with E-state index in [1.165, 1.54) is 17.0 Å². The van der Waals surface area contributed by atoms with Gasteiger partial charge in [0.1, 0.15) is 18.3 Å². The monoisotopic (exact) mass is 759 g/mol. The van der Waals surface area contributed by atoms with Crippen LogP contribution in [0.3, 0.4) is 0 Å². The average Bonchev–Trinajstić information content (AvgIpc) is 3.03. The van der Waals surface area contributed by atoms with Gasteiger partial charge in [-0.25, -0.2) is 8.42 Å². The number of carbonyl (C=O) groups excluding carboxylic acids is 2. The number of ether oxygens (including phenoxy) is 1. The first kappa shape index (κ1) is 36.3. The number of amides is 2. The number of hydrogen-bond acceptors (Lipinski definition) is 5. The lowest BCUT2D eigenvalue weighted by Gasteiger charge is -2.34. The second-order valence-corrected chi connectivity index (χ2v) is 14.6. The van der Waals surface area contributed by atoms with Gasteiger partial charge in [-0.15, -0.1) is 0 Å². The molecule has 0 bridgehead atoms. The van der Waals surface area contributed by atoms with E-state index < -0.39 is 34.4 Å². The summed E-state index contributed by atoms with van der Waals surface area (Å²) in [6.07, 6.45) is 0.162. The molecule has 8 nitrogen and oxygen atoms in total. The van der Waals surface area contributed by atoms with Crippen LogP contribution >= 0.6 is 39.1 Å². The normalized spacial score (nSPS) is 12.0.